The molecule has 2 heterocycles. The normalized spacial score (nSPS) is 24.6. The maximum absolute atomic E-state index is 11.9. The Hall–Kier alpha value is -1.36. The quantitative estimate of drug-likeness (QED) is 0.684. The lowest BCUT2D eigenvalue weighted by molar-refractivity contribution is -0.125. The van der Waals surface area contributed by atoms with E-state index in [-0.39, 0.29) is 11.8 Å². The molecule has 1 aliphatic heterocycles. The highest BCUT2D eigenvalue weighted by Gasteiger charge is 2.29. The minimum Gasteiger partial charge on any atom is -0.352 e. The molecule has 1 saturated heterocycles. The van der Waals surface area contributed by atoms with Crippen molar-refractivity contribution in [3.63, 3.8) is 0 Å². The molecular formula is C11H18N4O. The Bertz CT molecular complexity index is 374. The van der Waals surface area contributed by atoms with E-state index in [1.165, 1.54) is 0 Å². The van der Waals surface area contributed by atoms with Gasteiger partial charge in [-0.05, 0) is 19.4 Å². The van der Waals surface area contributed by atoms with Crippen LogP contribution in [0.25, 0.3) is 0 Å². The first-order chi connectivity index (χ1) is 7.68. The maximum atomic E-state index is 11.9. The van der Waals surface area contributed by atoms with Crippen LogP contribution in [0.2, 0.25) is 0 Å². The van der Waals surface area contributed by atoms with Crippen LogP contribution in [-0.2, 0) is 11.3 Å². The molecule has 1 aromatic rings. The van der Waals surface area contributed by atoms with E-state index in [0.29, 0.717) is 12.5 Å². The van der Waals surface area contributed by atoms with Crippen LogP contribution in [0.1, 0.15) is 18.2 Å². The molecule has 0 saturated carbocycles. The van der Waals surface area contributed by atoms with Gasteiger partial charge in [0.25, 0.3) is 0 Å². The zero-order chi connectivity index (χ0) is 11.5. The molecule has 1 aliphatic rings. The van der Waals surface area contributed by atoms with Gasteiger partial charge in [-0.2, -0.15) is 5.10 Å². The Morgan fingerprint density at radius 3 is 3.00 bits per heavy atom. The average Bonchev–Trinajstić information content (AvgIpc) is 2.84. The van der Waals surface area contributed by atoms with Crippen molar-refractivity contribution in [3.8, 4) is 0 Å². The molecule has 2 unspecified atom stereocenters. The van der Waals surface area contributed by atoms with Gasteiger partial charge < -0.3 is 10.6 Å². The number of aromatic nitrogens is 2. The first-order valence-electron chi connectivity index (χ1n) is 5.65. The lowest BCUT2D eigenvalue weighted by Gasteiger charge is -2.13. The van der Waals surface area contributed by atoms with Crippen LogP contribution in [0, 0.1) is 18.8 Å². The second-order valence-electron chi connectivity index (χ2n) is 4.48. The van der Waals surface area contributed by atoms with Crippen LogP contribution in [0.4, 0.5) is 0 Å². The van der Waals surface area contributed by atoms with Crippen LogP contribution in [0.3, 0.4) is 0 Å². The van der Waals surface area contributed by atoms with Gasteiger partial charge in [0.2, 0.25) is 5.91 Å². The summed E-state index contributed by atoms with van der Waals surface area (Å²) in [6.07, 6.45) is 1.76. The molecule has 2 rings (SSSR count). The largest absolute Gasteiger partial charge is 0.352 e. The van der Waals surface area contributed by atoms with Gasteiger partial charge >= 0.3 is 0 Å². The summed E-state index contributed by atoms with van der Waals surface area (Å²) in [5, 5.41) is 13.0. The molecule has 1 amide bonds. The fraction of sp³-hybridized carbons (Fsp3) is 0.636. The van der Waals surface area contributed by atoms with Crippen molar-refractivity contribution in [2.24, 2.45) is 11.8 Å². The molecule has 5 heteroatoms. The number of nitrogens with zero attached hydrogens (tertiary/aromatic N) is 1. The number of hydrogen-bond acceptors (Lipinski definition) is 3. The second kappa shape index (κ2) is 4.65. The van der Waals surface area contributed by atoms with Crippen molar-refractivity contribution in [2.75, 3.05) is 13.1 Å². The molecule has 5 nitrogen and oxygen atoms in total. The fourth-order valence-electron chi connectivity index (χ4n) is 2.03. The number of carbonyl (C=O) groups excluding carboxylic acids is 1. The summed E-state index contributed by atoms with van der Waals surface area (Å²) in [5.41, 5.74) is 2.06. The predicted octanol–water partition coefficient (Wildman–Crippen LogP) is 0.190. The summed E-state index contributed by atoms with van der Waals surface area (Å²) in [6.45, 7) is 6.34. The third-order valence-electron chi connectivity index (χ3n) is 3.24. The Morgan fingerprint density at radius 1 is 1.62 bits per heavy atom. The third-order valence-corrected chi connectivity index (χ3v) is 3.24. The van der Waals surface area contributed by atoms with Crippen molar-refractivity contribution in [1.82, 2.24) is 20.8 Å². The fourth-order valence-corrected chi connectivity index (χ4v) is 2.03. The summed E-state index contributed by atoms with van der Waals surface area (Å²) in [5.74, 6) is 0.663. The number of H-pyrrole nitrogens is 1. The zero-order valence-corrected chi connectivity index (χ0v) is 9.71. The smallest absolute Gasteiger partial charge is 0.224 e. The van der Waals surface area contributed by atoms with Crippen molar-refractivity contribution in [1.29, 1.82) is 0 Å². The molecule has 0 aliphatic carbocycles. The Balaban J connectivity index is 1.86. The van der Waals surface area contributed by atoms with Gasteiger partial charge in [-0.1, -0.05) is 6.92 Å². The molecule has 1 fully saturated rings. The van der Waals surface area contributed by atoms with E-state index >= 15 is 0 Å². The Labute approximate surface area is 95.0 Å². The molecule has 1 aromatic heterocycles. The standard InChI is InChI=1S/C11H18N4O/c1-7-3-12-6-10(7)11(16)13-4-9-5-14-15-8(9)2/h5,7,10,12H,3-4,6H2,1-2H3,(H,13,16)(H,14,15). The molecule has 88 valence electrons. The van der Waals surface area contributed by atoms with Gasteiger partial charge in [0.15, 0.2) is 0 Å². The summed E-state index contributed by atoms with van der Waals surface area (Å²) in [6, 6.07) is 0. The van der Waals surface area contributed by atoms with Crippen LogP contribution in [0.5, 0.6) is 0 Å². The van der Waals surface area contributed by atoms with Gasteiger partial charge in [0.1, 0.15) is 0 Å². The molecule has 3 N–H and O–H groups in total. The van der Waals surface area contributed by atoms with E-state index in [0.717, 1.165) is 24.3 Å². The Kier molecular flexibility index (Phi) is 3.24. The van der Waals surface area contributed by atoms with E-state index in [2.05, 4.69) is 27.8 Å². The first-order valence-corrected chi connectivity index (χ1v) is 5.65. The summed E-state index contributed by atoms with van der Waals surface area (Å²) in [7, 11) is 0. The van der Waals surface area contributed by atoms with Gasteiger partial charge in [-0.25, -0.2) is 0 Å². The van der Waals surface area contributed by atoms with Crippen LogP contribution in [-0.4, -0.2) is 29.2 Å². The topological polar surface area (TPSA) is 69.8 Å². The molecule has 2 atom stereocenters. The SMILES string of the molecule is Cc1[nH]ncc1CNC(=O)C1CNCC1C. The number of amides is 1. The molecule has 0 radical (unpaired) electrons. The second-order valence-corrected chi connectivity index (χ2v) is 4.48. The lowest BCUT2D eigenvalue weighted by atomic mass is 9.97. The van der Waals surface area contributed by atoms with Crippen molar-refractivity contribution in [2.45, 2.75) is 20.4 Å². The van der Waals surface area contributed by atoms with E-state index in [9.17, 15) is 4.79 Å². The van der Waals surface area contributed by atoms with Gasteiger partial charge in [-0.3, -0.25) is 9.89 Å². The van der Waals surface area contributed by atoms with Crippen molar-refractivity contribution < 1.29 is 4.79 Å². The summed E-state index contributed by atoms with van der Waals surface area (Å²) in [4.78, 5) is 11.9. The molecule has 0 aromatic carbocycles. The minimum absolute atomic E-state index is 0.104. The van der Waals surface area contributed by atoms with Gasteiger partial charge in [0.05, 0.1) is 12.1 Å². The number of carbonyl (C=O) groups is 1. The number of hydrogen-bond donors (Lipinski definition) is 3. The van der Waals surface area contributed by atoms with Gasteiger partial charge in [-0.15, -0.1) is 0 Å². The summed E-state index contributed by atoms with van der Waals surface area (Å²) < 4.78 is 0. The maximum Gasteiger partial charge on any atom is 0.224 e. The average molecular weight is 222 g/mol. The number of rotatable bonds is 3. The highest BCUT2D eigenvalue weighted by molar-refractivity contribution is 5.79. The molecule has 0 bridgehead atoms. The predicted molar refractivity (Wildman–Crippen MR) is 60.7 cm³/mol. The number of aryl methyl sites for hydroxylation is 1. The monoisotopic (exact) mass is 222 g/mol. The first kappa shape index (κ1) is 11.1. The van der Waals surface area contributed by atoms with Crippen molar-refractivity contribution in [3.05, 3.63) is 17.5 Å². The van der Waals surface area contributed by atoms with Gasteiger partial charge in [0, 0.05) is 24.3 Å². The molecule has 0 spiro atoms. The summed E-state index contributed by atoms with van der Waals surface area (Å²) >= 11 is 0. The Morgan fingerprint density at radius 2 is 2.44 bits per heavy atom. The van der Waals surface area contributed by atoms with Crippen LogP contribution in [0.15, 0.2) is 6.20 Å². The molecular weight excluding hydrogens is 204 g/mol. The highest BCUT2D eigenvalue weighted by Crippen LogP contribution is 2.15. The molecule has 16 heavy (non-hydrogen) atoms. The third kappa shape index (κ3) is 2.24. The number of aromatic amines is 1. The van der Waals surface area contributed by atoms with Crippen LogP contribution >= 0.6 is 0 Å². The van der Waals surface area contributed by atoms with Crippen molar-refractivity contribution >= 4 is 5.91 Å². The van der Waals surface area contributed by atoms with E-state index in [4.69, 9.17) is 0 Å². The van der Waals surface area contributed by atoms with E-state index in [1.54, 1.807) is 6.20 Å². The lowest BCUT2D eigenvalue weighted by Crippen LogP contribution is -2.33. The van der Waals surface area contributed by atoms with E-state index in [1.807, 2.05) is 6.92 Å². The zero-order valence-electron chi connectivity index (χ0n) is 9.71. The minimum atomic E-state index is 0.104. The van der Waals surface area contributed by atoms with E-state index < -0.39 is 0 Å². The highest BCUT2D eigenvalue weighted by atomic mass is 16.1. The van der Waals surface area contributed by atoms with Crippen LogP contribution < -0.4 is 10.6 Å². The number of nitrogens with one attached hydrogen (secondary N) is 3.